The van der Waals surface area contributed by atoms with Gasteiger partial charge in [0.1, 0.15) is 0 Å². The zero-order chi connectivity index (χ0) is 21.6. The van der Waals surface area contributed by atoms with Crippen molar-refractivity contribution in [1.82, 2.24) is 10.2 Å². The Labute approximate surface area is 176 Å². The van der Waals surface area contributed by atoms with Gasteiger partial charge in [-0.05, 0) is 49.2 Å². The van der Waals surface area contributed by atoms with Crippen molar-refractivity contribution in [1.29, 1.82) is 0 Å². The molecule has 8 nitrogen and oxygen atoms in total. The molecule has 0 aliphatic carbocycles. The second-order valence-electron chi connectivity index (χ2n) is 7.12. The predicted molar refractivity (Wildman–Crippen MR) is 110 cm³/mol. The molecule has 0 saturated carbocycles. The highest BCUT2D eigenvalue weighted by Gasteiger charge is 2.26. The number of likely N-dealkylation sites (tertiary alicyclic amines) is 1. The van der Waals surface area contributed by atoms with Gasteiger partial charge < -0.3 is 26.0 Å². The van der Waals surface area contributed by atoms with Crippen LogP contribution in [0.2, 0.25) is 11.3 Å². The minimum atomic E-state index is -1.22. The van der Waals surface area contributed by atoms with Gasteiger partial charge in [-0.3, -0.25) is 0 Å². The van der Waals surface area contributed by atoms with Gasteiger partial charge in [-0.15, -0.1) is 0 Å². The molecular formula is C19H29BClN3O5. The van der Waals surface area contributed by atoms with Crippen molar-refractivity contribution in [3.63, 3.8) is 0 Å². The van der Waals surface area contributed by atoms with Gasteiger partial charge in [0.2, 0.25) is 0 Å². The molecular weight excluding hydrogens is 396 g/mol. The maximum atomic E-state index is 12.3. The van der Waals surface area contributed by atoms with Crippen LogP contribution in [0.3, 0.4) is 0 Å². The van der Waals surface area contributed by atoms with Gasteiger partial charge in [0.25, 0.3) is 0 Å². The maximum absolute atomic E-state index is 12.3. The van der Waals surface area contributed by atoms with Crippen molar-refractivity contribution < 1.29 is 24.4 Å². The number of nitrogens with zero attached hydrogens (tertiary/aromatic N) is 1. The standard InChI is InChI=1S/C18H29BClN3O3.CO2/c20-16-6-4-14(5-7-16)13-22-18(24)23-11-8-15(9-12-23)17(21)3-1-2-10-19(25)26;2-1-3/h4-7,15,17,25-26H,1-3,8-13,21H2,(H,22,24);. The first-order chi connectivity index (χ1) is 13.9. The molecule has 0 aromatic heterocycles. The van der Waals surface area contributed by atoms with Crippen LogP contribution < -0.4 is 11.1 Å². The quantitative estimate of drug-likeness (QED) is 0.370. The number of hydrogen-bond acceptors (Lipinski definition) is 6. The van der Waals surface area contributed by atoms with E-state index >= 15 is 0 Å². The van der Waals surface area contributed by atoms with Crippen LogP contribution >= 0.6 is 11.6 Å². The zero-order valence-electron chi connectivity index (χ0n) is 16.4. The lowest BCUT2D eigenvalue weighted by Crippen LogP contribution is -2.47. The highest BCUT2D eigenvalue weighted by molar-refractivity contribution is 6.40. The molecule has 1 saturated heterocycles. The highest BCUT2D eigenvalue weighted by atomic mass is 35.5. The second kappa shape index (κ2) is 14.1. The van der Waals surface area contributed by atoms with Crippen molar-refractivity contribution in [3.8, 4) is 0 Å². The summed E-state index contributed by atoms with van der Waals surface area (Å²) in [5, 5.41) is 21.3. The minimum absolute atomic E-state index is 0.0381. The monoisotopic (exact) mass is 425 g/mol. The van der Waals surface area contributed by atoms with Gasteiger partial charge >= 0.3 is 19.3 Å². The Hall–Kier alpha value is -1.90. The first-order valence-corrected chi connectivity index (χ1v) is 10.1. The van der Waals surface area contributed by atoms with E-state index in [1.165, 1.54) is 0 Å². The Morgan fingerprint density at radius 1 is 1.24 bits per heavy atom. The summed E-state index contributed by atoms with van der Waals surface area (Å²) >= 11 is 5.86. The lowest BCUT2D eigenvalue weighted by atomic mass is 9.82. The van der Waals surface area contributed by atoms with Gasteiger partial charge in [0.05, 0.1) is 0 Å². The maximum Gasteiger partial charge on any atom is 0.451 e. The normalized spacial score (nSPS) is 15.0. The number of benzene rings is 1. The molecule has 10 heteroatoms. The second-order valence-corrected chi connectivity index (χ2v) is 7.56. The van der Waals surface area contributed by atoms with Crippen molar-refractivity contribution >= 4 is 30.9 Å². The van der Waals surface area contributed by atoms with E-state index in [1.54, 1.807) is 0 Å². The zero-order valence-corrected chi connectivity index (χ0v) is 17.2. The molecule has 1 aromatic rings. The van der Waals surface area contributed by atoms with Crippen molar-refractivity contribution in [2.24, 2.45) is 11.7 Å². The summed E-state index contributed by atoms with van der Waals surface area (Å²) in [6.45, 7) is 1.94. The number of halogens is 1. The van der Waals surface area contributed by atoms with E-state index in [4.69, 9.17) is 37.0 Å². The number of urea groups is 1. The number of carbonyl (C=O) groups excluding carboxylic acids is 3. The Kier molecular flexibility index (Phi) is 12.3. The molecule has 1 atom stereocenters. The number of amides is 2. The molecule has 1 fully saturated rings. The smallest absolute Gasteiger partial charge is 0.427 e. The number of carbonyl (C=O) groups is 1. The van der Waals surface area contributed by atoms with Crippen molar-refractivity contribution in [2.45, 2.75) is 51.0 Å². The molecule has 0 radical (unpaired) electrons. The van der Waals surface area contributed by atoms with E-state index in [0.29, 0.717) is 23.8 Å². The topological polar surface area (TPSA) is 133 Å². The molecule has 160 valence electrons. The summed E-state index contributed by atoms with van der Waals surface area (Å²) in [6, 6.07) is 7.52. The average molecular weight is 426 g/mol. The van der Waals surface area contributed by atoms with Gasteiger partial charge in [-0.2, -0.15) is 9.59 Å². The number of piperidine rings is 1. The Morgan fingerprint density at radius 2 is 1.83 bits per heavy atom. The summed E-state index contributed by atoms with van der Waals surface area (Å²) in [5.41, 5.74) is 7.30. The SMILES string of the molecule is NC(CCCCB(O)O)C1CCN(C(=O)NCc2ccc(Cl)cc2)CC1.O=C=O. The van der Waals surface area contributed by atoms with Gasteiger partial charge in [-0.25, -0.2) is 4.79 Å². The fourth-order valence-electron chi connectivity index (χ4n) is 3.37. The highest BCUT2D eigenvalue weighted by Crippen LogP contribution is 2.23. The molecule has 0 spiro atoms. The van der Waals surface area contributed by atoms with E-state index in [1.807, 2.05) is 29.2 Å². The molecule has 1 aromatic carbocycles. The first-order valence-electron chi connectivity index (χ1n) is 9.75. The lowest BCUT2D eigenvalue weighted by Gasteiger charge is -2.34. The van der Waals surface area contributed by atoms with Crippen LogP contribution in [0.5, 0.6) is 0 Å². The predicted octanol–water partition coefficient (Wildman–Crippen LogP) is 1.65. The summed E-state index contributed by atoms with van der Waals surface area (Å²) in [6.07, 6.45) is 5.05. The molecule has 2 rings (SSSR count). The minimum Gasteiger partial charge on any atom is -0.427 e. The number of nitrogens with one attached hydrogen (secondary N) is 1. The fourth-order valence-corrected chi connectivity index (χ4v) is 3.49. The van der Waals surface area contributed by atoms with Gasteiger partial charge in [0, 0.05) is 30.7 Å². The summed E-state index contributed by atoms with van der Waals surface area (Å²) < 4.78 is 0. The lowest BCUT2D eigenvalue weighted by molar-refractivity contribution is -0.191. The molecule has 29 heavy (non-hydrogen) atoms. The Balaban J connectivity index is 0.00000132. The van der Waals surface area contributed by atoms with Crippen LogP contribution in [0.25, 0.3) is 0 Å². The third-order valence-electron chi connectivity index (χ3n) is 5.04. The van der Waals surface area contributed by atoms with Crippen LogP contribution in [0.4, 0.5) is 4.79 Å². The fraction of sp³-hybridized carbons (Fsp3) is 0.579. The van der Waals surface area contributed by atoms with Crippen LogP contribution in [-0.2, 0) is 16.1 Å². The van der Waals surface area contributed by atoms with E-state index in [0.717, 1.165) is 50.8 Å². The summed E-state index contributed by atoms with van der Waals surface area (Å²) in [5.74, 6) is 0.425. The third-order valence-corrected chi connectivity index (χ3v) is 5.29. The van der Waals surface area contributed by atoms with Crippen molar-refractivity contribution in [2.75, 3.05) is 13.1 Å². The molecule has 2 amide bonds. The van der Waals surface area contributed by atoms with Crippen LogP contribution in [0, 0.1) is 5.92 Å². The number of unbranched alkanes of at least 4 members (excludes halogenated alkanes) is 1. The van der Waals surface area contributed by atoms with Crippen molar-refractivity contribution in [3.05, 3.63) is 34.9 Å². The molecule has 1 heterocycles. The molecule has 5 N–H and O–H groups in total. The molecule has 1 aliphatic rings. The third kappa shape index (κ3) is 10.4. The van der Waals surface area contributed by atoms with Crippen LogP contribution in [0.15, 0.2) is 24.3 Å². The van der Waals surface area contributed by atoms with E-state index in [-0.39, 0.29) is 18.2 Å². The number of hydrogen-bond donors (Lipinski definition) is 4. The van der Waals surface area contributed by atoms with Crippen LogP contribution in [0.1, 0.15) is 37.7 Å². The average Bonchev–Trinajstić information content (AvgIpc) is 2.71. The molecule has 1 unspecified atom stereocenters. The first kappa shape index (κ1) is 25.1. The van der Waals surface area contributed by atoms with Crippen LogP contribution in [-0.4, -0.2) is 53.4 Å². The van der Waals surface area contributed by atoms with Gasteiger partial charge in [0.15, 0.2) is 0 Å². The van der Waals surface area contributed by atoms with Gasteiger partial charge in [-0.1, -0.05) is 36.6 Å². The summed E-state index contributed by atoms with van der Waals surface area (Å²) in [7, 11) is -1.22. The van der Waals surface area contributed by atoms with E-state index in [9.17, 15) is 4.79 Å². The largest absolute Gasteiger partial charge is 0.451 e. The Bertz CT molecular complexity index is 633. The number of rotatable bonds is 8. The Morgan fingerprint density at radius 3 is 2.38 bits per heavy atom. The molecule has 0 bridgehead atoms. The molecule has 1 aliphatic heterocycles. The summed E-state index contributed by atoms with van der Waals surface area (Å²) in [4.78, 5) is 30.4. The number of nitrogens with two attached hydrogens (primary N) is 1. The van der Waals surface area contributed by atoms with E-state index < -0.39 is 7.12 Å². The van der Waals surface area contributed by atoms with E-state index in [2.05, 4.69) is 5.32 Å².